The Hall–Kier alpha value is -2.01. The van der Waals surface area contributed by atoms with Crippen LogP contribution in [0.4, 0.5) is 5.69 Å². The molecule has 0 aromatic heterocycles. The molecule has 5 nitrogen and oxygen atoms in total. The number of esters is 1. The zero-order valence-corrected chi connectivity index (χ0v) is 16.0. The van der Waals surface area contributed by atoms with Crippen LogP contribution in [0, 0.1) is 10.8 Å². The van der Waals surface area contributed by atoms with Crippen LogP contribution in [0.1, 0.15) is 31.2 Å². The molecule has 3 aliphatic heterocycles. The van der Waals surface area contributed by atoms with Gasteiger partial charge in [0.15, 0.2) is 0 Å². The summed E-state index contributed by atoms with van der Waals surface area (Å²) >= 11 is 0. The largest absolute Gasteiger partial charge is 0.497 e. The molecule has 0 amide bonds. The van der Waals surface area contributed by atoms with E-state index in [4.69, 9.17) is 9.47 Å². The van der Waals surface area contributed by atoms with Crippen LogP contribution in [-0.4, -0.2) is 50.3 Å². The van der Waals surface area contributed by atoms with Crippen molar-refractivity contribution in [1.82, 2.24) is 4.90 Å². The summed E-state index contributed by atoms with van der Waals surface area (Å²) in [6.07, 6.45) is 8.75. The van der Waals surface area contributed by atoms with E-state index in [-0.39, 0.29) is 22.8 Å². The van der Waals surface area contributed by atoms with Crippen molar-refractivity contribution in [3.8, 4) is 5.75 Å². The number of carbonyl (C=O) groups is 1. The number of methoxy groups -OCH3 is 2. The van der Waals surface area contributed by atoms with Crippen LogP contribution < -0.4 is 10.1 Å². The minimum atomic E-state index is -0.449. The van der Waals surface area contributed by atoms with Gasteiger partial charge >= 0.3 is 5.97 Å². The Bertz CT molecular complexity index is 882. The maximum Gasteiger partial charge on any atom is 0.313 e. The Labute approximate surface area is 159 Å². The predicted molar refractivity (Wildman–Crippen MR) is 102 cm³/mol. The molecule has 2 aliphatic carbocycles. The number of fused-ring (bicyclic) bond motifs is 3. The van der Waals surface area contributed by atoms with Crippen molar-refractivity contribution in [2.75, 3.05) is 32.6 Å². The molecule has 5 aliphatic rings. The molecule has 0 radical (unpaired) electrons. The van der Waals surface area contributed by atoms with Crippen molar-refractivity contribution in [3.63, 3.8) is 0 Å². The number of rotatable bonds is 2. The Kier molecular flexibility index (Phi) is 2.89. The number of hydrogen-bond acceptors (Lipinski definition) is 5. The van der Waals surface area contributed by atoms with Crippen molar-refractivity contribution in [3.05, 3.63) is 35.9 Å². The minimum Gasteiger partial charge on any atom is -0.497 e. The second kappa shape index (κ2) is 4.88. The Morgan fingerprint density at radius 1 is 1.26 bits per heavy atom. The molecular formula is C22H26N2O3. The molecule has 3 fully saturated rings. The first-order valence-corrected chi connectivity index (χ1v) is 10.0. The fourth-order valence-electron chi connectivity index (χ4n) is 7.68. The van der Waals surface area contributed by atoms with Gasteiger partial charge in [-0.05, 0) is 43.9 Å². The Morgan fingerprint density at radius 2 is 2.15 bits per heavy atom. The third kappa shape index (κ3) is 1.61. The smallest absolute Gasteiger partial charge is 0.313 e. The summed E-state index contributed by atoms with van der Waals surface area (Å²) in [5, 5.41) is 3.81. The molecule has 1 N–H and O–H groups in total. The van der Waals surface area contributed by atoms with Gasteiger partial charge in [-0.2, -0.15) is 0 Å². The van der Waals surface area contributed by atoms with Gasteiger partial charge in [-0.15, -0.1) is 0 Å². The minimum absolute atomic E-state index is 0.0324. The lowest BCUT2D eigenvalue weighted by molar-refractivity contribution is -0.158. The van der Waals surface area contributed by atoms with E-state index in [1.165, 1.54) is 5.56 Å². The summed E-state index contributed by atoms with van der Waals surface area (Å²) in [5.41, 5.74) is 2.12. The first kappa shape index (κ1) is 16.0. The molecule has 5 atom stereocenters. The van der Waals surface area contributed by atoms with E-state index in [2.05, 4.69) is 40.6 Å². The molecule has 142 valence electrons. The SMILES string of the molecule is COC(=O)[C@@]12CC[C@]3(C=CCN4CC[C@@]5(c6ccc(OC)cc6N[C@H]15)[C@@H]43)C2. The highest BCUT2D eigenvalue weighted by molar-refractivity contribution is 5.83. The van der Waals surface area contributed by atoms with Gasteiger partial charge in [0.25, 0.3) is 0 Å². The van der Waals surface area contributed by atoms with E-state index >= 15 is 0 Å². The zero-order chi connectivity index (χ0) is 18.4. The maximum absolute atomic E-state index is 13.2. The number of nitrogens with one attached hydrogen (secondary N) is 1. The van der Waals surface area contributed by atoms with Gasteiger partial charge in [0.1, 0.15) is 5.75 Å². The molecule has 1 aromatic rings. The lowest BCUT2D eigenvalue weighted by Crippen LogP contribution is -2.66. The van der Waals surface area contributed by atoms with Gasteiger partial charge in [-0.1, -0.05) is 18.2 Å². The topological polar surface area (TPSA) is 50.8 Å². The Morgan fingerprint density at radius 3 is 2.96 bits per heavy atom. The molecule has 27 heavy (non-hydrogen) atoms. The van der Waals surface area contributed by atoms with Crippen molar-refractivity contribution in [2.45, 2.75) is 43.2 Å². The molecular weight excluding hydrogens is 340 g/mol. The van der Waals surface area contributed by atoms with Crippen LogP contribution in [0.5, 0.6) is 5.75 Å². The molecule has 2 bridgehead atoms. The van der Waals surface area contributed by atoms with E-state index < -0.39 is 5.41 Å². The van der Waals surface area contributed by atoms with Crippen LogP contribution in [-0.2, 0) is 14.9 Å². The number of hydrogen-bond donors (Lipinski definition) is 1. The summed E-state index contributed by atoms with van der Waals surface area (Å²) in [6.45, 7) is 2.12. The quantitative estimate of drug-likeness (QED) is 0.644. The van der Waals surface area contributed by atoms with Gasteiger partial charge in [-0.3, -0.25) is 9.69 Å². The summed E-state index contributed by atoms with van der Waals surface area (Å²) in [5.74, 6) is 0.827. The average molecular weight is 366 g/mol. The maximum atomic E-state index is 13.2. The molecule has 0 unspecified atom stereocenters. The van der Waals surface area contributed by atoms with Gasteiger partial charge in [0.2, 0.25) is 0 Å². The first-order valence-electron chi connectivity index (χ1n) is 10.0. The van der Waals surface area contributed by atoms with Crippen LogP contribution in [0.3, 0.4) is 0 Å². The highest BCUT2D eigenvalue weighted by Gasteiger charge is 2.76. The molecule has 5 heteroatoms. The first-order chi connectivity index (χ1) is 13.1. The van der Waals surface area contributed by atoms with Crippen molar-refractivity contribution in [2.24, 2.45) is 10.8 Å². The molecule has 1 aromatic carbocycles. The highest BCUT2D eigenvalue weighted by atomic mass is 16.5. The number of carbonyl (C=O) groups excluding carboxylic acids is 1. The third-order valence-electron chi connectivity index (χ3n) is 8.37. The zero-order valence-electron chi connectivity index (χ0n) is 16.0. The van der Waals surface area contributed by atoms with Crippen molar-refractivity contribution < 1.29 is 14.3 Å². The normalized spacial score (nSPS) is 42.9. The second-order valence-electron chi connectivity index (χ2n) is 9.14. The summed E-state index contributed by atoms with van der Waals surface area (Å²) < 4.78 is 10.9. The average Bonchev–Trinajstić information content (AvgIpc) is 3.35. The number of ether oxygens (including phenoxy) is 2. The fourth-order valence-corrected chi connectivity index (χ4v) is 7.68. The molecule has 6 rings (SSSR count). The second-order valence-corrected chi connectivity index (χ2v) is 9.14. The highest BCUT2D eigenvalue weighted by Crippen LogP contribution is 2.72. The Balaban J connectivity index is 1.62. The summed E-state index contributed by atoms with van der Waals surface area (Å²) in [6, 6.07) is 6.98. The van der Waals surface area contributed by atoms with Crippen molar-refractivity contribution >= 4 is 11.7 Å². The van der Waals surface area contributed by atoms with Crippen molar-refractivity contribution in [1.29, 1.82) is 0 Å². The lowest BCUT2D eigenvalue weighted by Gasteiger charge is -2.57. The van der Waals surface area contributed by atoms with Gasteiger partial charge < -0.3 is 14.8 Å². The molecule has 2 saturated carbocycles. The van der Waals surface area contributed by atoms with E-state index in [1.807, 2.05) is 0 Å². The summed E-state index contributed by atoms with van der Waals surface area (Å²) in [4.78, 5) is 15.8. The van der Waals surface area contributed by atoms with Gasteiger partial charge in [-0.25, -0.2) is 0 Å². The number of benzene rings is 1. The standard InChI is InChI=1S/C22H26N2O3/c1-26-14-4-5-15-16(12-14)23-17-21(19(25)27-2)8-7-20(13-21)6-3-10-24-11-9-22(15,17)18(20)24/h3-6,12,17-18,23H,7-11,13H2,1-2H3/t17-,18+,20-,21-,22+/m1/s1. The van der Waals surface area contributed by atoms with Crippen LogP contribution >= 0.6 is 0 Å². The molecule has 3 heterocycles. The third-order valence-corrected chi connectivity index (χ3v) is 8.37. The van der Waals surface area contributed by atoms with E-state index in [1.54, 1.807) is 14.2 Å². The van der Waals surface area contributed by atoms with E-state index in [0.29, 0.717) is 6.04 Å². The molecule has 1 saturated heterocycles. The number of anilines is 1. The monoisotopic (exact) mass is 366 g/mol. The lowest BCUT2D eigenvalue weighted by atomic mass is 9.51. The van der Waals surface area contributed by atoms with E-state index in [0.717, 1.165) is 50.2 Å². The summed E-state index contributed by atoms with van der Waals surface area (Å²) in [7, 11) is 3.25. The van der Waals surface area contributed by atoms with E-state index in [9.17, 15) is 4.79 Å². The predicted octanol–water partition coefficient (Wildman–Crippen LogP) is 2.71. The van der Waals surface area contributed by atoms with Crippen LogP contribution in [0.15, 0.2) is 30.4 Å². The van der Waals surface area contributed by atoms with Gasteiger partial charge in [0, 0.05) is 35.2 Å². The van der Waals surface area contributed by atoms with Crippen LogP contribution in [0.2, 0.25) is 0 Å². The van der Waals surface area contributed by atoms with Crippen LogP contribution in [0.25, 0.3) is 0 Å². The molecule has 2 spiro atoms. The fraction of sp³-hybridized carbons (Fsp3) is 0.591. The number of nitrogens with zero attached hydrogens (tertiary/aromatic N) is 1. The van der Waals surface area contributed by atoms with Gasteiger partial charge in [0.05, 0.1) is 25.7 Å².